The first-order valence-corrected chi connectivity index (χ1v) is 8.29. The number of aryl methyl sites for hydroxylation is 1. The van der Waals surface area contributed by atoms with Crippen molar-refractivity contribution < 1.29 is 9.53 Å². The molecule has 3 rings (SSSR count). The molecular weight excluding hydrogens is 278 g/mol. The van der Waals surface area contributed by atoms with Crippen LogP contribution in [0.2, 0.25) is 0 Å². The van der Waals surface area contributed by atoms with Crippen LogP contribution >= 0.6 is 0 Å². The average Bonchev–Trinajstić information content (AvgIpc) is 2.55. The lowest BCUT2D eigenvalue weighted by Crippen LogP contribution is -2.52. The van der Waals surface area contributed by atoms with Gasteiger partial charge in [0.15, 0.2) is 0 Å². The molecule has 1 atom stereocenters. The van der Waals surface area contributed by atoms with Crippen LogP contribution in [0, 0.1) is 12.8 Å². The SMILES string of the molecule is Cc1cnccc1OCC1CCN(C2CCCNC2=O)CC1. The maximum absolute atomic E-state index is 11.9. The smallest absolute Gasteiger partial charge is 0.237 e. The predicted molar refractivity (Wildman–Crippen MR) is 84.8 cm³/mol. The minimum atomic E-state index is 0.0954. The third-order valence-electron chi connectivity index (χ3n) is 4.79. The van der Waals surface area contributed by atoms with Gasteiger partial charge in [-0.25, -0.2) is 0 Å². The molecule has 0 bridgehead atoms. The Labute approximate surface area is 132 Å². The van der Waals surface area contributed by atoms with E-state index in [1.165, 1.54) is 0 Å². The van der Waals surface area contributed by atoms with Crippen LogP contribution in [0.25, 0.3) is 0 Å². The van der Waals surface area contributed by atoms with Crippen molar-refractivity contribution in [1.29, 1.82) is 0 Å². The maximum atomic E-state index is 11.9. The Kier molecular flexibility index (Phi) is 4.93. The molecule has 3 heterocycles. The van der Waals surface area contributed by atoms with Crippen molar-refractivity contribution in [2.45, 2.75) is 38.6 Å². The fourth-order valence-electron chi connectivity index (χ4n) is 3.37. The van der Waals surface area contributed by atoms with Crippen molar-refractivity contribution in [3.8, 4) is 5.75 Å². The number of amides is 1. The lowest BCUT2D eigenvalue weighted by atomic mass is 9.94. The second kappa shape index (κ2) is 7.09. The van der Waals surface area contributed by atoms with Gasteiger partial charge < -0.3 is 10.1 Å². The van der Waals surface area contributed by atoms with E-state index in [1.807, 2.05) is 19.2 Å². The van der Waals surface area contributed by atoms with Crippen LogP contribution in [0.1, 0.15) is 31.2 Å². The van der Waals surface area contributed by atoms with E-state index in [-0.39, 0.29) is 11.9 Å². The summed E-state index contributed by atoms with van der Waals surface area (Å²) in [5.74, 6) is 1.73. The molecule has 1 aromatic rings. The van der Waals surface area contributed by atoms with Crippen LogP contribution in [0.5, 0.6) is 5.75 Å². The van der Waals surface area contributed by atoms with Crippen molar-refractivity contribution in [2.24, 2.45) is 5.92 Å². The van der Waals surface area contributed by atoms with Crippen LogP contribution in [-0.4, -0.2) is 48.1 Å². The lowest BCUT2D eigenvalue weighted by Gasteiger charge is -2.38. The van der Waals surface area contributed by atoms with Crippen molar-refractivity contribution in [3.05, 3.63) is 24.0 Å². The van der Waals surface area contributed by atoms with Gasteiger partial charge in [0.2, 0.25) is 5.91 Å². The number of piperidine rings is 2. The first kappa shape index (κ1) is 15.3. The molecule has 22 heavy (non-hydrogen) atoms. The summed E-state index contributed by atoms with van der Waals surface area (Å²) in [6, 6.07) is 2.02. The average molecular weight is 303 g/mol. The highest BCUT2D eigenvalue weighted by Crippen LogP contribution is 2.24. The number of hydrogen-bond donors (Lipinski definition) is 1. The molecule has 0 spiro atoms. The molecule has 1 unspecified atom stereocenters. The molecule has 2 aliphatic rings. The predicted octanol–water partition coefficient (Wildman–Crippen LogP) is 1.76. The molecule has 2 aliphatic heterocycles. The number of rotatable bonds is 4. The Morgan fingerprint density at radius 3 is 2.91 bits per heavy atom. The molecule has 1 amide bonds. The van der Waals surface area contributed by atoms with Gasteiger partial charge >= 0.3 is 0 Å². The van der Waals surface area contributed by atoms with E-state index in [1.54, 1.807) is 6.20 Å². The van der Waals surface area contributed by atoms with Crippen LogP contribution in [0.4, 0.5) is 0 Å². The number of carbonyl (C=O) groups is 1. The summed E-state index contributed by atoms with van der Waals surface area (Å²) >= 11 is 0. The van der Waals surface area contributed by atoms with Gasteiger partial charge in [-0.3, -0.25) is 14.7 Å². The van der Waals surface area contributed by atoms with Gasteiger partial charge in [-0.15, -0.1) is 0 Å². The molecular formula is C17H25N3O2. The summed E-state index contributed by atoms with van der Waals surface area (Å²) in [4.78, 5) is 18.4. The number of nitrogens with one attached hydrogen (secondary N) is 1. The van der Waals surface area contributed by atoms with Crippen LogP contribution in [0.3, 0.4) is 0 Å². The molecule has 5 nitrogen and oxygen atoms in total. The third kappa shape index (κ3) is 3.58. The summed E-state index contributed by atoms with van der Waals surface area (Å²) in [5.41, 5.74) is 1.08. The van der Waals surface area contributed by atoms with E-state index in [0.717, 1.165) is 63.2 Å². The van der Waals surface area contributed by atoms with E-state index in [9.17, 15) is 4.79 Å². The Morgan fingerprint density at radius 1 is 1.36 bits per heavy atom. The van der Waals surface area contributed by atoms with E-state index >= 15 is 0 Å². The molecule has 5 heteroatoms. The number of aromatic nitrogens is 1. The number of hydrogen-bond acceptors (Lipinski definition) is 4. The zero-order valence-corrected chi connectivity index (χ0v) is 13.3. The van der Waals surface area contributed by atoms with Gasteiger partial charge in [0.1, 0.15) is 5.75 Å². The summed E-state index contributed by atoms with van der Waals surface area (Å²) in [6.07, 6.45) is 7.91. The van der Waals surface area contributed by atoms with Crippen LogP contribution in [0.15, 0.2) is 18.5 Å². The Balaban J connectivity index is 1.46. The number of likely N-dealkylation sites (tertiary alicyclic amines) is 1. The van der Waals surface area contributed by atoms with E-state index < -0.39 is 0 Å². The van der Waals surface area contributed by atoms with E-state index in [0.29, 0.717) is 5.92 Å². The van der Waals surface area contributed by atoms with Crippen LogP contribution < -0.4 is 10.1 Å². The fourth-order valence-corrected chi connectivity index (χ4v) is 3.37. The van der Waals surface area contributed by atoms with Crippen molar-refractivity contribution >= 4 is 5.91 Å². The quantitative estimate of drug-likeness (QED) is 0.921. The molecule has 2 fully saturated rings. The second-order valence-corrected chi connectivity index (χ2v) is 6.38. The van der Waals surface area contributed by atoms with Gasteiger partial charge in [0.25, 0.3) is 0 Å². The van der Waals surface area contributed by atoms with Gasteiger partial charge in [0, 0.05) is 24.5 Å². The molecule has 2 saturated heterocycles. The standard InChI is InChI=1S/C17H25N3O2/c1-13-11-18-8-4-16(13)22-12-14-5-9-20(10-6-14)15-3-2-7-19-17(15)21/h4,8,11,14-15H,2-3,5-7,9-10,12H2,1H3,(H,19,21). The molecule has 0 aromatic carbocycles. The van der Waals surface area contributed by atoms with Crippen molar-refractivity contribution in [3.63, 3.8) is 0 Å². The Bertz CT molecular complexity index is 512. The molecule has 120 valence electrons. The van der Waals surface area contributed by atoms with Crippen molar-refractivity contribution in [1.82, 2.24) is 15.2 Å². The number of pyridine rings is 1. The number of ether oxygens (including phenoxy) is 1. The molecule has 1 aromatic heterocycles. The lowest BCUT2D eigenvalue weighted by molar-refractivity contribution is -0.128. The zero-order valence-electron chi connectivity index (χ0n) is 13.3. The van der Waals surface area contributed by atoms with E-state index in [4.69, 9.17) is 4.74 Å². The summed E-state index contributed by atoms with van der Waals surface area (Å²) in [7, 11) is 0. The zero-order chi connectivity index (χ0) is 15.4. The summed E-state index contributed by atoms with van der Waals surface area (Å²) < 4.78 is 5.94. The summed E-state index contributed by atoms with van der Waals surface area (Å²) in [5, 5.41) is 2.98. The highest BCUT2D eigenvalue weighted by atomic mass is 16.5. The van der Waals surface area contributed by atoms with Gasteiger partial charge in [-0.2, -0.15) is 0 Å². The van der Waals surface area contributed by atoms with Crippen LogP contribution in [-0.2, 0) is 4.79 Å². The molecule has 1 N–H and O–H groups in total. The largest absolute Gasteiger partial charge is 0.493 e. The molecule has 0 aliphatic carbocycles. The highest BCUT2D eigenvalue weighted by Gasteiger charge is 2.31. The third-order valence-corrected chi connectivity index (χ3v) is 4.79. The van der Waals surface area contributed by atoms with E-state index in [2.05, 4.69) is 15.2 Å². The topological polar surface area (TPSA) is 54.5 Å². The first-order valence-electron chi connectivity index (χ1n) is 8.29. The number of nitrogens with zero attached hydrogens (tertiary/aromatic N) is 2. The fraction of sp³-hybridized carbons (Fsp3) is 0.647. The first-order chi connectivity index (χ1) is 10.7. The molecule has 0 radical (unpaired) electrons. The van der Waals surface area contributed by atoms with Crippen molar-refractivity contribution in [2.75, 3.05) is 26.2 Å². The maximum Gasteiger partial charge on any atom is 0.237 e. The summed E-state index contributed by atoms with van der Waals surface area (Å²) in [6.45, 7) is 5.62. The minimum absolute atomic E-state index is 0.0954. The number of carbonyl (C=O) groups excluding carboxylic acids is 1. The minimum Gasteiger partial charge on any atom is -0.493 e. The normalized spacial score (nSPS) is 24.0. The highest BCUT2D eigenvalue weighted by molar-refractivity contribution is 5.82. The van der Waals surface area contributed by atoms with Gasteiger partial charge in [0.05, 0.1) is 12.6 Å². The second-order valence-electron chi connectivity index (χ2n) is 6.38. The van der Waals surface area contributed by atoms with Gasteiger partial charge in [-0.1, -0.05) is 0 Å². The monoisotopic (exact) mass is 303 g/mol. The molecule has 0 saturated carbocycles. The Morgan fingerprint density at radius 2 is 2.18 bits per heavy atom. The van der Waals surface area contributed by atoms with Gasteiger partial charge in [-0.05, 0) is 57.7 Å². The Hall–Kier alpha value is -1.62.